The van der Waals surface area contributed by atoms with E-state index in [1.807, 2.05) is 30.3 Å². The zero-order chi connectivity index (χ0) is 17.3. The first-order valence-corrected chi connectivity index (χ1v) is 7.54. The molecule has 1 amide bonds. The minimum atomic E-state index is -0.373. The summed E-state index contributed by atoms with van der Waals surface area (Å²) in [5.41, 5.74) is 2.23. The number of methoxy groups -OCH3 is 3. The van der Waals surface area contributed by atoms with Crippen molar-refractivity contribution in [1.29, 1.82) is 0 Å². The fraction of sp³-hybridized carbons (Fsp3) is 0.278. The molecule has 0 spiro atoms. The van der Waals surface area contributed by atoms with Crippen LogP contribution in [0.15, 0.2) is 36.4 Å². The number of hydrogen-bond acceptors (Lipinski definition) is 5. The van der Waals surface area contributed by atoms with Crippen molar-refractivity contribution in [1.82, 2.24) is 4.90 Å². The monoisotopic (exact) mass is 328 g/mol. The van der Waals surface area contributed by atoms with Gasteiger partial charge < -0.3 is 24.4 Å². The maximum atomic E-state index is 12.7. The quantitative estimate of drug-likeness (QED) is 0.935. The van der Waals surface area contributed by atoms with Gasteiger partial charge in [0.25, 0.3) is 5.91 Å². The fourth-order valence-electron chi connectivity index (χ4n) is 2.97. The Kier molecular flexibility index (Phi) is 4.20. The molecule has 24 heavy (non-hydrogen) atoms. The molecule has 1 atom stereocenters. The first kappa shape index (κ1) is 16.0. The van der Waals surface area contributed by atoms with Gasteiger partial charge in [-0.15, -0.1) is 0 Å². The lowest BCUT2D eigenvalue weighted by Crippen LogP contribution is -2.40. The number of benzene rings is 2. The third kappa shape index (κ3) is 2.40. The van der Waals surface area contributed by atoms with E-state index in [1.165, 1.54) is 0 Å². The Labute approximate surface area is 140 Å². The highest BCUT2D eigenvalue weighted by Gasteiger charge is 2.33. The molecule has 6 heteroatoms. The number of carbonyl (C=O) groups excluding carboxylic acids is 1. The van der Waals surface area contributed by atoms with Crippen molar-refractivity contribution in [3.05, 3.63) is 47.5 Å². The van der Waals surface area contributed by atoms with E-state index < -0.39 is 0 Å². The molecule has 0 saturated carbocycles. The second-order valence-corrected chi connectivity index (χ2v) is 5.43. The molecule has 1 N–H and O–H groups in total. The summed E-state index contributed by atoms with van der Waals surface area (Å²) < 4.78 is 16.3. The number of nitrogens with one attached hydrogen (secondary N) is 1. The largest absolute Gasteiger partial charge is 0.493 e. The molecular formula is C18H20N2O4. The van der Waals surface area contributed by atoms with Gasteiger partial charge in [-0.2, -0.15) is 0 Å². The Bertz CT molecular complexity index is 776. The number of amides is 1. The van der Waals surface area contributed by atoms with Crippen LogP contribution in [0, 0.1) is 0 Å². The number of rotatable bonds is 4. The molecule has 126 valence electrons. The Morgan fingerprint density at radius 2 is 1.67 bits per heavy atom. The minimum Gasteiger partial charge on any atom is -0.493 e. The maximum Gasteiger partial charge on any atom is 0.257 e. The van der Waals surface area contributed by atoms with Crippen molar-refractivity contribution < 1.29 is 19.0 Å². The summed E-state index contributed by atoms with van der Waals surface area (Å²) in [6, 6.07) is 11.1. The first-order chi connectivity index (χ1) is 11.6. The van der Waals surface area contributed by atoms with Crippen LogP contribution in [0.25, 0.3) is 0 Å². The molecule has 1 unspecified atom stereocenters. The Hall–Kier alpha value is -2.89. The predicted octanol–water partition coefficient (Wildman–Crippen LogP) is 2.91. The third-order valence-electron chi connectivity index (χ3n) is 4.19. The van der Waals surface area contributed by atoms with Crippen LogP contribution in [0.3, 0.4) is 0 Å². The molecule has 2 aromatic rings. The molecule has 1 aliphatic rings. The van der Waals surface area contributed by atoms with Crippen molar-refractivity contribution >= 4 is 11.6 Å². The molecule has 0 fully saturated rings. The lowest BCUT2D eigenvalue weighted by Gasteiger charge is -2.36. The maximum absolute atomic E-state index is 12.7. The smallest absolute Gasteiger partial charge is 0.257 e. The molecule has 0 aliphatic carbocycles. The van der Waals surface area contributed by atoms with Gasteiger partial charge in [0.2, 0.25) is 5.75 Å². The second kappa shape index (κ2) is 6.31. The number of ether oxygens (including phenoxy) is 3. The predicted molar refractivity (Wildman–Crippen MR) is 91.0 cm³/mol. The molecule has 3 rings (SSSR count). The van der Waals surface area contributed by atoms with Gasteiger partial charge in [-0.3, -0.25) is 4.79 Å². The molecule has 1 heterocycles. The van der Waals surface area contributed by atoms with E-state index in [0.29, 0.717) is 22.8 Å². The first-order valence-electron chi connectivity index (χ1n) is 7.54. The van der Waals surface area contributed by atoms with Crippen molar-refractivity contribution in [3.63, 3.8) is 0 Å². The second-order valence-electron chi connectivity index (χ2n) is 5.43. The van der Waals surface area contributed by atoms with Crippen molar-refractivity contribution in [2.24, 2.45) is 0 Å². The number of para-hydroxylation sites is 1. The number of hydrogen-bond donors (Lipinski definition) is 1. The van der Waals surface area contributed by atoms with Gasteiger partial charge in [-0.25, -0.2) is 0 Å². The van der Waals surface area contributed by atoms with Crippen LogP contribution in [0.1, 0.15) is 22.1 Å². The number of anilines is 1. The SMILES string of the molecule is COc1ccc(C2Nc3ccccc3C(=O)N2C)c(OC)c1OC. The van der Waals surface area contributed by atoms with Gasteiger partial charge in [0.15, 0.2) is 11.5 Å². The summed E-state index contributed by atoms with van der Waals surface area (Å²) in [6.45, 7) is 0. The van der Waals surface area contributed by atoms with E-state index in [2.05, 4.69) is 5.32 Å². The zero-order valence-corrected chi connectivity index (χ0v) is 14.1. The highest BCUT2D eigenvalue weighted by molar-refractivity contribution is 6.01. The Morgan fingerprint density at radius 3 is 2.33 bits per heavy atom. The van der Waals surface area contributed by atoms with Gasteiger partial charge in [0.1, 0.15) is 6.17 Å². The Balaban J connectivity index is 2.11. The van der Waals surface area contributed by atoms with Crippen LogP contribution in [0.2, 0.25) is 0 Å². The van der Waals surface area contributed by atoms with Gasteiger partial charge in [0, 0.05) is 18.3 Å². The van der Waals surface area contributed by atoms with E-state index in [1.54, 1.807) is 39.3 Å². The molecule has 0 radical (unpaired) electrons. The molecule has 0 aromatic heterocycles. The van der Waals surface area contributed by atoms with Crippen LogP contribution >= 0.6 is 0 Å². The van der Waals surface area contributed by atoms with E-state index in [0.717, 1.165) is 11.3 Å². The summed E-state index contributed by atoms with van der Waals surface area (Å²) in [5, 5.41) is 3.39. The Morgan fingerprint density at radius 1 is 0.958 bits per heavy atom. The number of carbonyl (C=O) groups is 1. The molecule has 0 bridgehead atoms. The van der Waals surface area contributed by atoms with Crippen LogP contribution in [-0.2, 0) is 0 Å². The average Bonchev–Trinajstić information content (AvgIpc) is 2.63. The van der Waals surface area contributed by atoms with Gasteiger partial charge in [-0.05, 0) is 24.3 Å². The average molecular weight is 328 g/mol. The number of fused-ring (bicyclic) bond motifs is 1. The molecule has 0 saturated heterocycles. The fourth-order valence-corrected chi connectivity index (χ4v) is 2.97. The van der Waals surface area contributed by atoms with Crippen LogP contribution in [-0.4, -0.2) is 39.2 Å². The van der Waals surface area contributed by atoms with E-state index in [4.69, 9.17) is 14.2 Å². The molecule has 1 aliphatic heterocycles. The lowest BCUT2D eigenvalue weighted by atomic mass is 10.0. The van der Waals surface area contributed by atoms with Crippen LogP contribution in [0.5, 0.6) is 17.2 Å². The highest BCUT2D eigenvalue weighted by Crippen LogP contribution is 2.44. The van der Waals surface area contributed by atoms with Crippen molar-refractivity contribution in [2.45, 2.75) is 6.17 Å². The minimum absolute atomic E-state index is 0.0498. The van der Waals surface area contributed by atoms with E-state index in [9.17, 15) is 4.79 Å². The van der Waals surface area contributed by atoms with Gasteiger partial charge in [0.05, 0.1) is 26.9 Å². The summed E-state index contributed by atoms with van der Waals surface area (Å²) in [5.74, 6) is 1.56. The summed E-state index contributed by atoms with van der Waals surface area (Å²) in [6.07, 6.45) is -0.373. The lowest BCUT2D eigenvalue weighted by molar-refractivity contribution is 0.0733. The molecular weight excluding hydrogens is 308 g/mol. The van der Waals surface area contributed by atoms with E-state index >= 15 is 0 Å². The normalized spacial score (nSPS) is 16.2. The van der Waals surface area contributed by atoms with Crippen molar-refractivity contribution in [3.8, 4) is 17.2 Å². The topological polar surface area (TPSA) is 60.0 Å². The number of nitrogens with zero attached hydrogens (tertiary/aromatic N) is 1. The highest BCUT2D eigenvalue weighted by atomic mass is 16.5. The molecule has 6 nitrogen and oxygen atoms in total. The summed E-state index contributed by atoms with van der Waals surface area (Å²) >= 11 is 0. The molecule has 2 aromatic carbocycles. The third-order valence-corrected chi connectivity index (χ3v) is 4.19. The van der Waals surface area contributed by atoms with Gasteiger partial charge >= 0.3 is 0 Å². The van der Waals surface area contributed by atoms with Crippen LogP contribution < -0.4 is 19.5 Å². The van der Waals surface area contributed by atoms with Crippen molar-refractivity contribution in [2.75, 3.05) is 33.7 Å². The van der Waals surface area contributed by atoms with Crippen LogP contribution in [0.4, 0.5) is 5.69 Å². The summed E-state index contributed by atoms with van der Waals surface area (Å²) in [7, 11) is 6.45. The zero-order valence-electron chi connectivity index (χ0n) is 14.1. The van der Waals surface area contributed by atoms with Gasteiger partial charge in [-0.1, -0.05) is 12.1 Å². The summed E-state index contributed by atoms with van der Waals surface area (Å²) in [4.78, 5) is 14.3. The van der Waals surface area contributed by atoms with E-state index in [-0.39, 0.29) is 12.1 Å². The standard InChI is InChI=1S/C18H20N2O4/c1-20-17(19-13-8-6-5-7-11(13)18(20)21)12-9-10-14(22-2)16(24-4)15(12)23-3/h5-10,17,19H,1-4H3.